The number of aryl methyl sites for hydroxylation is 1. The number of halogens is 2. The maximum atomic E-state index is 12.9. The van der Waals surface area contributed by atoms with E-state index in [1.807, 2.05) is 25.3 Å². The number of anilines is 1. The molecular formula is C19H25Cl2N3O2S. The second kappa shape index (κ2) is 9.85. The largest absolute Gasteiger partial charge is 0.384 e. The van der Waals surface area contributed by atoms with Gasteiger partial charge in [0.15, 0.2) is 5.13 Å². The molecule has 1 aliphatic rings. The first-order valence-electron chi connectivity index (χ1n) is 8.73. The third-order valence-electron chi connectivity index (χ3n) is 4.85. The lowest BCUT2D eigenvalue weighted by Gasteiger charge is -2.35. The van der Waals surface area contributed by atoms with Crippen LogP contribution in [0.15, 0.2) is 24.4 Å². The normalized spacial score (nSPS) is 15.8. The Bertz CT molecular complexity index is 771. The highest BCUT2D eigenvalue weighted by Gasteiger charge is 2.40. The number of hydrogen-bond acceptors (Lipinski definition) is 5. The smallest absolute Gasteiger partial charge is 0.234 e. The Morgan fingerprint density at radius 3 is 2.81 bits per heavy atom. The van der Waals surface area contributed by atoms with Gasteiger partial charge >= 0.3 is 0 Å². The molecule has 1 fully saturated rings. The molecule has 8 heteroatoms. The lowest BCUT2D eigenvalue weighted by Crippen LogP contribution is -2.47. The predicted molar refractivity (Wildman–Crippen MR) is 113 cm³/mol. The van der Waals surface area contributed by atoms with Crippen LogP contribution < -0.4 is 10.6 Å². The molecule has 0 spiro atoms. The number of amides is 1. The standard InChI is InChI=1S/C19H24ClN3O2S.ClH/c1-13-3-4-14(10-16(13)20)9-15-11-22-18(26-15)23-17(24)19(12-25-2)5-7-21-8-6-19;/h3-4,10-11,21H,5-9,12H2,1-2H3,(H,22,23,24);1H. The second-order valence-corrected chi connectivity index (χ2v) is 8.33. The van der Waals surface area contributed by atoms with Gasteiger partial charge in [-0.1, -0.05) is 23.7 Å². The molecule has 2 heterocycles. The van der Waals surface area contributed by atoms with E-state index >= 15 is 0 Å². The summed E-state index contributed by atoms with van der Waals surface area (Å²) in [6.07, 6.45) is 4.11. The van der Waals surface area contributed by atoms with E-state index in [0.717, 1.165) is 53.4 Å². The molecule has 2 aromatic rings. The molecule has 0 saturated carbocycles. The third-order valence-corrected chi connectivity index (χ3v) is 6.17. The highest BCUT2D eigenvalue weighted by atomic mass is 35.5. The summed E-state index contributed by atoms with van der Waals surface area (Å²) in [5, 5.41) is 7.70. The molecule has 0 radical (unpaired) electrons. The van der Waals surface area contributed by atoms with Gasteiger partial charge in [-0.2, -0.15) is 0 Å². The van der Waals surface area contributed by atoms with Crippen LogP contribution in [0.2, 0.25) is 5.02 Å². The number of benzene rings is 1. The summed E-state index contributed by atoms with van der Waals surface area (Å²) in [6, 6.07) is 6.08. The van der Waals surface area contributed by atoms with Crippen molar-refractivity contribution in [2.45, 2.75) is 26.2 Å². The first-order chi connectivity index (χ1) is 12.5. The number of carbonyl (C=O) groups excluding carboxylic acids is 1. The number of ether oxygens (including phenoxy) is 1. The zero-order valence-corrected chi connectivity index (χ0v) is 17.9. The van der Waals surface area contributed by atoms with Crippen molar-refractivity contribution in [3.05, 3.63) is 45.4 Å². The van der Waals surface area contributed by atoms with Crippen molar-refractivity contribution in [1.82, 2.24) is 10.3 Å². The summed E-state index contributed by atoms with van der Waals surface area (Å²) in [4.78, 5) is 18.3. The van der Waals surface area contributed by atoms with Crippen LogP contribution in [0.3, 0.4) is 0 Å². The van der Waals surface area contributed by atoms with Gasteiger partial charge in [-0.05, 0) is 50.0 Å². The Morgan fingerprint density at radius 1 is 1.41 bits per heavy atom. The molecule has 1 aliphatic heterocycles. The quantitative estimate of drug-likeness (QED) is 0.725. The van der Waals surface area contributed by atoms with Crippen LogP contribution in [0.1, 0.15) is 28.8 Å². The lowest BCUT2D eigenvalue weighted by atomic mass is 9.79. The zero-order chi connectivity index (χ0) is 18.6. The summed E-state index contributed by atoms with van der Waals surface area (Å²) in [7, 11) is 1.64. The fourth-order valence-corrected chi connectivity index (χ4v) is 4.29. The number of piperidine rings is 1. The minimum absolute atomic E-state index is 0. The number of hydrogen-bond donors (Lipinski definition) is 2. The minimum atomic E-state index is -0.476. The first kappa shape index (κ1) is 22.1. The molecule has 1 amide bonds. The average molecular weight is 430 g/mol. The first-order valence-corrected chi connectivity index (χ1v) is 9.93. The second-order valence-electron chi connectivity index (χ2n) is 6.81. The molecule has 3 rings (SSSR count). The average Bonchev–Trinajstić information content (AvgIpc) is 3.06. The number of rotatable bonds is 6. The van der Waals surface area contributed by atoms with E-state index in [2.05, 4.69) is 21.7 Å². The van der Waals surface area contributed by atoms with E-state index in [0.29, 0.717) is 11.7 Å². The Labute approximate surface area is 175 Å². The third kappa shape index (κ3) is 5.42. The van der Waals surface area contributed by atoms with Gasteiger partial charge in [-0.15, -0.1) is 23.7 Å². The Morgan fingerprint density at radius 2 is 2.15 bits per heavy atom. The van der Waals surface area contributed by atoms with Gasteiger partial charge in [0, 0.05) is 29.6 Å². The highest BCUT2D eigenvalue weighted by molar-refractivity contribution is 7.15. The number of carbonyl (C=O) groups is 1. The van der Waals surface area contributed by atoms with Gasteiger partial charge in [-0.3, -0.25) is 4.79 Å². The fraction of sp³-hybridized carbons (Fsp3) is 0.474. The summed E-state index contributed by atoms with van der Waals surface area (Å²) in [5.74, 6) is 0.000121. The number of thiazole rings is 1. The number of aromatic nitrogens is 1. The van der Waals surface area contributed by atoms with E-state index in [-0.39, 0.29) is 18.3 Å². The minimum Gasteiger partial charge on any atom is -0.384 e. The Hall–Kier alpha value is -1.18. The maximum absolute atomic E-state index is 12.9. The van der Waals surface area contributed by atoms with Crippen molar-refractivity contribution in [2.75, 3.05) is 32.1 Å². The van der Waals surface area contributed by atoms with Crippen LogP contribution in [-0.4, -0.2) is 37.7 Å². The fourth-order valence-electron chi connectivity index (χ4n) is 3.24. The molecule has 1 aromatic carbocycles. The van der Waals surface area contributed by atoms with Crippen LogP contribution in [0.4, 0.5) is 5.13 Å². The molecule has 0 unspecified atom stereocenters. The molecule has 27 heavy (non-hydrogen) atoms. The summed E-state index contributed by atoms with van der Waals surface area (Å²) >= 11 is 7.70. The monoisotopic (exact) mass is 429 g/mol. The van der Waals surface area contributed by atoms with E-state index in [4.69, 9.17) is 16.3 Å². The Kier molecular flexibility index (Phi) is 8.06. The Balaban J connectivity index is 0.00000261. The maximum Gasteiger partial charge on any atom is 0.234 e. The molecule has 0 aliphatic carbocycles. The van der Waals surface area contributed by atoms with Crippen molar-refractivity contribution in [1.29, 1.82) is 0 Å². The van der Waals surface area contributed by atoms with E-state index in [9.17, 15) is 4.79 Å². The van der Waals surface area contributed by atoms with Crippen LogP contribution >= 0.6 is 35.3 Å². The van der Waals surface area contributed by atoms with Gasteiger partial charge < -0.3 is 15.4 Å². The van der Waals surface area contributed by atoms with E-state index in [1.54, 1.807) is 7.11 Å². The van der Waals surface area contributed by atoms with Crippen molar-refractivity contribution in [2.24, 2.45) is 5.41 Å². The molecule has 0 atom stereocenters. The zero-order valence-electron chi connectivity index (χ0n) is 15.5. The molecule has 148 valence electrons. The van der Waals surface area contributed by atoms with Gasteiger partial charge in [0.05, 0.1) is 12.0 Å². The highest BCUT2D eigenvalue weighted by Crippen LogP contribution is 2.32. The van der Waals surface area contributed by atoms with Crippen molar-refractivity contribution in [3.8, 4) is 0 Å². The molecule has 1 aromatic heterocycles. The predicted octanol–water partition coefficient (Wildman–Crippen LogP) is 4.07. The van der Waals surface area contributed by atoms with E-state index < -0.39 is 5.41 Å². The van der Waals surface area contributed by atoms with Crippen molar-refractivity contribution < 1.29 is 9.53 Å². The van der Waals surface area contributed by atoms with Gasteiger partial charge in [0.25, 0.3) is 0 Å². The number of methoxy groups -OCH3 is 1. The summed E-state index contributed by atoms with van der Waals surface area (Å²) < 4.78 is 5.33. The SMILES string of the molecule is COCC1(C(=O)Nc2ncc(Cc3ccc(C)c(Cl)c3)s2)CCNCC1.Cl. The van der Waals surface area contributed by atoms with Gasteiger partial charge in [-0.25, -0.2) is 4.98 Å². The molecule has 5 nitrogen and oxygen atoms in total. The van der Waals surface area contributed by atoms with Crippen LogP contribution in [0, 0.1) is 12.3 Å². The number of nitrogens with one attached hydrogen (secondary N) is 2. The molecule has 0 bridgehead atoms. The van der Waals surface area contributed by atoms with Crippen LogP contribution in [0.25, 0.3) is 0 Å². The van der Waals surface area contributed by atoms with Gasteiger partial charge in [0.2, 0.25) is 5.91 Å². The molecular weight excluding hydrogens is 405 g/mol. The van der Waals surface area contributed by atoms with Crippen molar-refractivity contribution >= 4 is 46.4 Å². The molecule has 2 N–H and O–H groups in total. The number of nitrogens with zero attached hydrogens (tertiary/aromatic N) is 1. The summed E-state index contributed by atoms with van der Waals surface area (Å²) in [5.41, 5.74) is 1.73. The molecule has 1 saturated heterocycles. The summed E-state index contributed by atoms with van der Waals surface area (Å²) in [6.45, 7) is 4.08. The van der Waals surface area contributed by atoms with Crippen molar-refractivity contribution in [3.63, 3.8) is 0 Å². The topological polar surface area (TPSA) is 63.2 Å². The van der Waals surface area contributed by atoms with Crippen LogP contribution in [0.5, 0.6) is 0 Å². The van der Waals surface area contributed by atoms with Gasteiger partial charge in [0.1, 0.15) is 0 Å². The van der Waals surface area contributed by atoms with Crippen LogP contribution in [-0.2, 0) is 16.0 Å². The van der Waals surface area contributed by atoms with E-state index in [1.165, 1.54) is 11.3 Å². The lowest BCUT2D eigenvalue weighted by molar-refractivity contribution is -0.130.